The SMILES string of the molecule is CCOc1ccc(C(=O)Nc2ccc(OC)c(Br)c2)cc1Cl. The highest BCUT2D eigenvalue weighted by molar-refractivity contribution is 9.10. The Balaban J connectivity index is 2.15. The smallest absolute Gasteiger partial charge is 0.255 e. The lowest BCUT2D eigenvalue weighted by Crippen LogP contribution is -2.12. The maximum Gasteiger partial charge on any atom is 0.255 e. The molecule has 0 heterocycles. The van der Waals surface area contributed by atoms with Crippen LogP contribution in [0.25, 0.3) is 0 Å². The summed E-state index contributed by atoms with van der Waals surface area (Å²) < 4.78 is 11.3. The Morgan fingerprint density at radius 1 is 1.23 bits per heavy atom. The molecular formula is C16H15BrClNO3. The summed E-state index contributed by atoms with van der Waals surface area (Å²) in [6.07, 6.45) is 0. The molecule has 2 aromatic carbocycles. The van der Waals surface area contributed by atoms with E-state index in [1.807, 2.05) is 6.92 Å². The molecule has 0 fully saturated rings. The van der Waals surface area contributed by atoms with Crippen LogP contribution >= 0.6 is 27.5 Å². The number of hydrogen-bond donors (Lipinski definition) is 1. The lowest BCUT2D eigenvalue weighted by Gasteiger charge is -2.10. The Morgan fingerprint density at radius 2 is 1.95 bits per heavy atom. The van der Waals surface area contributed by atoms with Crippen LogP contribution in [0.15, 0.2) is 40.9 Å². The van der Waals surface area contributed by atoms with Gasteiger partial charge >= 0.3 is 0 Å². The van der Waals surface area contributed by atoms with Crippen LogP contribution in [0.5, 0.6) is 11.5 Å². The van der Waals surface area contributed by atoms with Crippen molar-refractivity contribution in [1.82, 2.24) is 0 Å². The zero-order valence-corrected chi connectivity index (χ0v) is 14.5. The molecule has 6 heteroatoms. The molecule has 0 saturated heterocycles. The third kappa shape index (κ3) is 3.93. The Labute approximate surface area is 142 Å². The van der Waals surface area contributed by atoms with Gasteiger partial charge in [0.05, 0.1) is 23.2 Å². The summed E-state index contributed by atoms with van der Waals surface area (Å²) in [5.74, 6) is 1.01. The molecule has 116 valence electrons. The van der Waals surface area contributed by atoms with Crippen molar-refractivity contribution in [2.45, 2.75) is 6.92 Å². The molecule has 0 unspecified atom stereocenters. The number of carbonyl (C=O) groups is 1. The van der Waals surface area contributed by atoms with Gasteiger partial charge in [0, 0.05) is 11.3 Å². The van der Waals surface area contributed by atoms with E-state index < -0.39 is 0 Å². The van der Waals surface area contributed by atoms with Gasteiger partial charge < -0.3 is 14.8 Å². The molecule has 4 nitrogen and oxygen atoms in total. The minimum Gasteiger partial charge on any atom is -0.496 e. The highest BCUT2D eigenvalue weighted by Crippen LogP contribution is 2.29. The van der Waals surface area contributed by atoms with E-state index in [0.717, 1.165) is 4.47 Å². The molecule has 0 aromatic heterocycles. The summed E-state index contributed by atoms with van der Waals surface area (Å²) in [4.78, 5) is 12.2. The summed E-state index contributed by atoms with van der Waals surface area (Å²) in [7, 11) is 1.58. The Kier molecular flexibility index (Phi) is 5.69. The molecule has 22 heavy (non-hydrogen) atoms. The molecule has 2 aromatic rings. The predicted octanol–water partition coefficient (Wildman–Crippen LogP) is 4.76. The van der Waals surface area contributed by atoms with Gasteiger partial charge in [0.15, 0.2) is 0 Å². The molecule has 0 aliphatic rings. The van der Waals surface area contributed by atoms with Gasteiger partial charge in [-0.1, -0.05) is 11.6 Å². The highest BCUT2D eigenvalue weighted by Gasteiger charge is 2.10. The largest absolute Gasteiger partial charge is 0.496 e. The van der Waals surface area contributed by atoms with E-state index in [-0.39, 0.29) is 5.91 Å². The number of amides is 1. The zero-order valence-electron chi connectivity index (χ0n) is 12.2. The van der Waals surface area contributed by atoms with Gasteiger partial charge in [0.25, 0.3) is 5.91 Å². The van der Waals surface area contributed by atoms with Crippen molar-refractivity contribution in [1.29, 1.82) is 0 Å². The Morgan fingerprint density at radius 3 is 2.55 bits per heavy atom. The van der Waals surface area contributed by atoms with Gasteiger partial charge in [-0.05, 0) is 59.3 Å². The average molecular weight is 385 g/mol. The fraction of sp³-hybridized carbons (Fsp3) is 0.188. The number of hydrogen-bond acceptors (Lipinski definition) is 3. The van der Waals surface area contributed by atoms with Crippen molar-refractivity contribution < 1.29 is 14.3 Å². The van der Waals surface area contributed by atoms with E-state index >= 15 is 0 Å². The molecule has 0 atom stereocenters. The minimum absolute atomic E-state index is 0.248. The van der Waals surface area contributed by atoms with Crippen LogP contribution in [-0.4, -0.2) is 19.6 Å². The minimum atomic E-state index is -0.248. The maximum atomic E-state index is 12.2. The van der Waals surface area contributed by atoms with Crippen LogP contribution in [0.1, 0.15) is 17.3 Å². The summed E-state index contributed by atoms with van der Waals surface area (Å²) in [6, 6.07) is 10.2. The topological polar surface area (TPSA) is 47.6 Å². The fourth-order valence-electron chi connectivity index (χ4n) is 1.86. The van der Waals surface area contributed by atoms with Crippen molar-refractivity contribution in [2.24, 2.45) is 0 Å². The molecule has 0 radical (unpaired) electrons. The Bertz CT molecular complexity index is 691. The Hall–Kier alpha value is -1.72. The number of nitrogens with one attached hydrogen (secondary N) is 1. The number of methoxy groups -OCH3 is 1. The standard InChI is InChI=1S/C16H15BrClNO3/c1-3-22-15-6-4-10(8-13(15)18)16(20)19-11-5-7-14(21-2)12(17)9-11/h4-9H,3H2,1-2H3,(H,19,20). The molecule has 0 bridgehead atoms. The number of ether oxygens (including phenoxy) is 2. The first kappa shape index (κ1) is 16.6. The van der Waals surface area contributed by atoms with Gasteiger partial charge in [-0.25, -0.2) is 0 Å². The van der Waals surface area contributed by atoms with Crippen molar-refractivity contribution in [3.05, 3.63) is 51.5 Å². The van der Waals surface area contributed by atoms with Crippen molar-refractivity contribution in [3.63, 3.8) is 0 Å². The quantitative estimate of drug-likeness (QED) is 0.808. The summed E-state index contributed by atoms with van der Waals surface area (Å²) >= 11 is 9.47. The highest BCUT2D eigenvalue weighted by atomic mass is 79.9. The fourth-order valence-corrected chi connectivity index (χ4v) is 2.64. The summed E-state index contributed by atoms with van der Waals surface area (Å²) in [5.41, 5.74) is 1.11. The lowest BCUT2D eigenvalue weighted by atomic mass is 10.2. The first-order chi connectivity index (χ1) is 10.5. The monoisotopic (exact) mass is 383 g/mol. The van der Waals surface area contributed by atoms with E-state index in [0.29, 0.717) is 34.4 Å². The van der Waals surface area contributed by atoms with Gasteiger partial charge in [0.1, 0.15) is 11.5 Å². The molecule has 0 spiro atoms. The van der Waals surface area contributed by atoms with E-state index in [1.165, 1.54) is 0 Å². The van der Waals surface area contributed by atoms with E-state index in [9.17, 15) is 4.79 Å². The normalized spacial score (nSPS) is 10.2. The first-order valence-electron chi connectivity index (χ1n) is 6.62. The van der Waals surface area contributed by atoms with Crippen LogP contribution in [-0.2, 0) is 0 Å². The van der Waals surface area contributed by atoms with Gasteiger partial charge in [-0.2, -0.15) is 0 Å². The van der Waals surface area contributed by atoms with Crippen LogP contribution < -0.4 is 14.8 Å². The third-order valence-corrected chi connectivity index (χ3v) is 3.82. The van der Waals surface area contributed by atoms with Crippen LogP contribution in [0.3, 0.4) is 0 Å². The molecule has 1 amide bonds. The van der Waals surface area contributed by atoms with Crippen molar-refractivity contribution in [3.8, 4) is 11.5 Å². The number of anilines is 1. The number of carbonyl (C=O) groups excluding carboxylic acids is 1. The number of rotatable bonds is 5. The van der Waals surface area contributed by atoms with Crippen molar-refractivity contribution in [2.75, 3.05) is 19.0 Å². The molecule has 0 saturated carbocycles. The average Bonchev–Trinajstić information content (AvgIpc) is 2.49. The van der Waals surface area contributed by atoms with E-state index in [4.69, 9.17) is 21.1 Å². The molecule has 0 aliphatic heterocycles. The maximum absolute atomic E-state index is 12.2. The summed E-state index contributed by atoms with van der Waals surface area (Å²) in [5, 5.41) is 3.21. The van der Waals surface area contributed by atoms with Gasteiger partial charge in [0.2, 0.25) is 0 Å². The number of benzene rings is 2. The summed E-state index contributed by atoms with van der Waals surface area (Å²) in [6.45, 7) is 2.39. The second kappa shape index (κ2) is 7.51. The van der Waals surface area contributed by atoms with Crippen molar-refractivity contribution >= 4 is 39.1 Å². The molecule has 0 aliphatic carbocycles. The van der Waals surface area contributed by atoms with E-state index in [1.54, 1.807) is 43.5 Å². The molecule has 1 N–H and O–H groups in total. The third-order valence-electron chi connectivity index (χ3n) is 2.90. The number of halogens is 2. The first-order valence-corrected chi connectivity index (χ1v) is 7.79. The van der Waals surface area contributed by atoms with Crippen LogP contribution in [0.2, 0.25) is 5.02 Å². The van der Waals surface area contributed by atoms with E-state index in [2.05, 4.69) is 21.2 Å². The van der Waals surface area contributed by atoms with Gasteiger partial charge in [-0.3, -0.25) is 4.79 Å². The zero-order chi connectivity index (χ0) is 16.1. The predicted molar refractivity (Wildman–Crippen MR) is 91.3 cm³/mol. The lowest BCUT2D eigenvalue weighted by molar-refractivity contribution is 0.102. The van der Waals surface area contributed by atoms with Gasteiger partial charge in [-0.15, -0.1) is 0 Å². The second-order valence-electron chi connectivity index (χ2n) is 4.38. The molecule has 2 rings (SSSR count). The van der Waals surface area contributed by atoms with Crippen LogP contribution in [0.4, 0.5) is 5.69 Å². The molecular weight excluding hydrogens is 370 g/mol. The van der Waals surface area contributed by atoms with Crippen LogP contribution in [0, 0.1) is 0 Å². The second-order valence-corrected chi connectivity index (χ2v) is 5.64.